The van der Waals surface area contributed by atoms with E-state index in [1.807, 2.05) is 97.9 Å². The molecule has 6 nitrogen and oxygen atoms in total. The van der Waals surface area contributed by atoms with Crippen LogP contribution in [-0.2, 0) is 11.3 Å². The van der Waals surface area contributed by atoms with Gasteiger partial charge in [0.25, 0.3) is 11.8 Å². The van der Waals surface area contributed by atoms with Crippen molar-refractivity contribution in [3.63, 3.8) is 0 Å². The Morgan fingerprint density at radius 3 is 1.77 bits per heavy atom. The van der Waals surface area contributed by atoms with Crippen LogP contribution < -0.4 is 0 Å². The van der Waals surface area contributed by atoms with E-state index in [9.17, 15) is 19.5 Å². The molecule has 0 aliphatic rings. The molecule has 4 rings (SSSR count). The van der Waals surface area contributed by atoms with Gasteiger partial charge in [-0.05, 0) is 40.3 Å². The van der Waals surface area contributed by atoms with E-state index in [-0.39, 0.29) is 30.7 Å². The minimum atomic E-state index is -0.962. The molecule has 0 saturated carbocycles. The Balaban J connectivity index is 1.66. The third-order valence-electron chi connectivity index (χ3n) is 6.96. The Bertz CT molecular complexity index is 1450. The predicted octanol–water partition coefficient (Wildman–Crippen LogP) is 6.35. The lowest BCUT2D eigenvalue weighted by Crippen LogP contribution is -2.36. The highest BCUT2D eigenvalue weighted by atomic mass is 16.4. The van der Waals surface area contributed by atoms with Crippen LogP contribution in [0.3, 0.4) is 0 Å². The molecule has 2 amide bonds. The number of carbonyl (C=O) groups excluding carboxylic acids is 2. The molecule has 0 saturated heterocycles. The molecular formula is C34H34N2O4. The zero-order valence-electron chi connectivity index (χ0n) is 22.9. The van der Waals surface area contributed by atoms with Gasteiger partial charge < -0.3 is 14.9 Å². The van der Waals surface area contributed by atoms with Crippen LogP contribution in [0.2, 0.25) is 0 Å². The number of carbonyl (C=O) groups is 3. The maximum absolute atomic E-state index is 14.0. The molecule has 0 aromatic heterocycles. The van der Waals surface area contributed by atoms with Crippen LogP contribution in [0.15, 0.2) is 109 Å². The van der Waals surface area contributed by atoms with Gasteiger partial charge in [0.1, 0.15) is 0 Å². The number of nitrogens with zero attached hydrogens (tertiary/aromatic N) is 2. The van der Waals surface area contributed by atoms with Crippen molar-refractivity contribution in [1.29, 1.82) is 0 Å². The van der Waals surface area contributed by atoms with Crippen LogP contribution in [-0.4, -0.2) is 52.8 Å². The zero-order valence-corrected chi connectivity index (χ0v) is 22.9. The molecule has 0 bridgehead atoms. The number of benzene rings is 4. The second-order valence-electron chi connectivity index (χ2n) is 9.94. The van der Waals surface area contributed by atoms with E-state index >= 15 is 0 Å². The molecule has 0 fully saturated rings. The molecule has 4 aromatic rings. The number of hydrogen-bond acceptors (Lipinski definition) is 3. The first-order valence-corrected chi connectivity index (χ1v) is 13.4. The van der Waals surface area contributed by atoms with Crippen molar-refractivity contribution in [3.8, 4) is 11.1 Å². The molecule has 6 heteroatoms. The third-order valence-corrected chi connectivity index (χ3v) is 6.96. The molecule has 1 atom stereocenters. The van der Waals surface area contributed by atoms with Crippen molar-refractivity contribution in [2.75, 3.05) is 20.1 Å². The van der Waals surface area contributed by atoms with E-state index in [0.29, 0.717) is 35.3 Å². The summed E-state index contributed by atoms with van der Waals surface area (Å²) in [6.07, 6.45) is -0.158. The van der Waals surface area contributed by atoms with Gasteiger partial charge in [0.15, 0.2) is 0 Å². The molecule has 0 spiro atoms. The van der Waals surface area contributed by atoms with Crippen LogP contribution in [0.4, 0.5) is 0 Å². The molecular weight excluding hydrogens is 500 g/mol. The fourth-order valence-electron chi connectivity index (χ4n) is 4.84. The minimum Gasteiger partial charge on any atom is -0.481 e. The molecule has 1 N–H and O–H groups in total. The highest BCUT2D eigenvalue weighted by Crippen LogP contribution is 2.30. The lowest BCUT2D eigenvalue weighted by molar-refractivity contribution is -0.137. The van der Waals surface area contributed by atoms with Crippen LogP contribution in [0, 0.1) is 0 Å². The van der Waals surface area contributed by atoms with Crippen molar-refractivity contribution in [1.82, 2.24) is 9.80 Å². The minimum absolute atomic E-state index is 0.00612. The van der Waals surface area contributed by atoms with Crippen molar-refractivity contribution in [2.45, 2.75) is 25.8 Å². The summed E-state index contributed by atoms with van der Waals surface area (Å²) in [7, 11) is 1.77. The predicted molar refractivity (Wildman–Crippen MR) is 157 cm³/mol. The maximum Gasteiger partial charge on any atom is 0.305 e. The summed E-state index contributed by atoms with van der Waals surface area (Å²) in [5.74, 6) is -1.37. The second kappa shape index (κ2) is 13.4. The number of aliphatic carboxylic acids is 1. The van der Waals surface area contributed by atoms with E-state index in [1.165, 1.54) is 0 Å². The maximum atomic E-state index is 14.0. The molecule has 4 aromatic carbocycles. The fourth-order valence-corrected chi connectivity index (χ4v) is 4.84. The van der Waals surface area contributed by atoms with Gasteiger partial charge in [-0.3, -0.25) is 14.4 Å². The van der Waals surface area contributed by atoms with Crippen LogP contribution in [0.25, 0.3) is 11.1 Å². The molecule has 40 heavy (non-hydrogen) atoms. The van der Waals surface area contributed by atoms with Gasteiger partial charge >= 0.3 is 5.97 Å². The lowest BCUT2D eigenvalue weighted by Gasteiger charge is -2.27. The topological polar surface area (TPSA) is 77.9 Å². The second-order valence-corrected chi connectivity index (χ2v) is 9.94. The quantitative estimate of drug-likeness (QED) is 0.243. The molecule has 0 radical (unpaired) electrons. The summed E-state index contributed by atoms with van der Waals surface area (Å²) in [5.41, 5.74) is 4.31. The lowest BCUT2D eigenvalue weighted by atomic mass is 9.93. The van der Waals surface area contributed by atoms with Gasteiger partial charge in [0.2, 0.25) is 0 Å². The summed E-state index contributed by atoms with van der Waals surface area (Å²) in [6, 6.07) is 34.2. The zero-order chi connectivity index (χ0) is 28.5. The normalized spacial score (nSPS) is 11.4. The molecule has 1 unspecified atom stereocenters. The average Bonchev–Trinajstić information content (AvgIpc) is 2.99. The van der Waals surface area contributed by atoms with Crippen molar-refractivity contribution >= 4 is 17.8 Å². The standard InChI is InChI=1S/C34H34N2O4/c1-25(27-15-7-4-8-16-27)23-36(22-21-32(37)38)34(40)31-20-12-10-18-29(31)28-17-9-11-19-30(28)33(39)35(2)24-26-13-5-3-6-14-26/h3-20,25H,21-24H2,1-2H3,(H,37,38). The summed E-state index contributed by atoms with van der Waals surface area (Å²) in [4.78, 5) is 42.3. The first-order valence-electron chi connectivity index (χ1n) is 13.4. The Kier molecular flexibility index (Phi) is 9.47. The van der Waals surface area contributed by atoms with Crippen LogP contribution >= 0.6 is 0 Å². The number of amides is 2. The Labute approximate surface area is 235 Å². The first-order chi connectivity index (χ1) is 19.3. The van der Waals surface area contributed by atoms with Crippen LogP contribution in [0.5, 0.6) is 0 Å². The highest BCUT2D eigenvalue weighted by molar-refractivity contribution is 6.06. The van der Waals surface area contributed by atoms with Gasteiger partial charge in [0.05, 0.1) is 6.42 Å². The van der Waals surface area contributed by atoms with Gasteiger partial charge in [-0.2, -0.15) is 0 Å². The van der Waals surface area contributed by atoms with Crippen molar-refractivity contribution in [2.24, 2.45) is 0 Å². The Hall–Kier alpha value is -4.71. The van der Waals surface area contributed by atoms with Gasteiger partial charge in [-0.25, -0.2) is 0 Å². The van der Waals surface area contributed by atoms with Gasteiger partial charge in [-0.15, -0.1) is 0 Å². The van der Waals surface area contributed by atoms with E-state index in [2.05, 4.69) is 0 Å². The third kappa shape index (κ3) is 7.03. The average molecular weight is 535 g/mol. The summed E-state index contributed by atoms with van der Waals surface area (Å²) in [5, 5.41) is 9.37. The molecule has 0 aliphatic heterocycles. The van der Waals surface area contributed by atoms with Crippen LogP contribution in [0.1, 0.15) is 51.1 Å². The number of hydrogen-bond donors (Lipinski definition) is 1. The molecule has 0 heterocycles. The number of carboxylic acids is 1. The monoisotopic (exact) mass is 534 g/mol. The van der Waals surface area contributed by atoms with Crippen molar-refractivity contribution in [3.05, 3.63) is 131 Å². The van der Waals surface area contributed by atoms with E-state index in [0.717, 1.165) is 11.1 Å². The highest BCUT2D eigenvalue weighted by Gasteiger charge is 2.25. The Morgan fingerprint density at radius 2 is 1.20 bits per heavy atom. The van der Waals surface area contributed by atoms with E-state index in [1.54, 1.807) is 35.0 Å². The SMILES string of the molecule is CC(CN(CCC(=O)O)C(=O)c1ccccc1-c1ccccc1C(=O)N(C)Cc1ccccc1)c1ccccc1. The first kappa shape index (κ1) is 28.3. The summed E-state index contributed by atoms with van der Waals surface area (Å²) < 4.78 is 0. The largest absolute Gasteiger partial charge is 0.481 e. The number of carboxylic acid groups (broad SMARTS) is 1. The van der Waals surface area contributed by atoms with E-state index in [4.69, 9.17) is 0 Å². The molecule has 0 aliphatic carbocycles. The van der Waals surface area contributed by atoms with Gasteiger partial charge in [0, 0.05) is 37.8 Å². The summed E-state index contributed by atoms with van der Waals surface area (Å²) in [6.45, 7) is 2.93. The number of rotatable bonds is 11. The fraction of sp³-hybridized carbons (Fsp3) is 0.206. The smallest absolute Gasteiger partial charge is 0.305 e. The van der Waals surface area contributed by atoms with E-state index < -0.39 is 5.97 Å². The van der Waals surface area contributed by atoms with Gasteiger partial charge in [-0.1, -0.05) is 104 Å². The summed E-state index contributed by atoms with van der Waals surface area (Å²) >= 11 is 0. The van der Waals surface area contributed by atoms with Crippen molar-refractivity contribution < 1.29 is 19.5 Å². The molecule has 204 valence electrons. The Morgan fingerprint density at radius 1 is 0.700 bits per heavy atom.